The summed E-state index contributed by atoms with van der Waals surface area (Å²) in [4.78, 5) is 28.3. The largest absolute Gasteiger partial charge is 0.293 e. The molecule has 0 N–H and O–H groups in total. The number of carbonyl (C=O) groups is 2. The lowest BCUT2D eigenvalue weighted by Crippen LogP contribution is -2.58. The van der Waals surface area contributed by atoms with Crippen LogP contribution in [0.3, 0.4) is 0 Å². The first-order valence-electron chi connectivity index (χ1n) is 27.2. The van der Waals surface area contributed by atoms with Gasteiger partial charge in [0.15, 0.2) is 11.6 Å². The summed E-state index contributed by atoms with van der Waals surface area (Å²) >= 11 is 0. The van der Waals surface area contributed by atoms with Gasteiger partial charge in [-0.05, 0) is 229 Å². The molecular weight excluding hydrogens is 825 g/mol. The molecule has 2 nitrogen and oxygen atoms in total. The van der Waals surface area contributed by atoms with Crippen LogP contribution in [0, 0.1) is 22.7 Å². The Kier molecular flexibility index (Phi) is 23.8. The van der Waals surface area contributed by atoms with Crippen molar-refractivity contribution in [1.82, 2.24) is 0 Å². The van der Waals surface area contributed by atoms with Crippen molar-refractivity contribution in [3.05, 3.63) is 152 Å². The van der Waals surface area contributed by atoms with Gasteiger partial charge in [0, 0.05) is 11.1 Å². The van der Waals surface area contributed by atoms with Crippen LogP contribution < -0.4 is 0 Å². The van der Waals surface area contributed by atoms with Gasteiger partial charge in [-0.2, -0.15) is 0 Å². The summed E-state index contributed by atoms with van der Waals surface area (Å²) in [6.07, 6.45) is 56.4. The minimum atomic E-state index is -0.636. The zero-order valence-electron chi connectivity index (χ0n) is 45.6. The minimum Gasteiger partial charge on any atom is -0.293 e. The molecule has 0 amide bonds. The molecule has 68 heavy (non-hydrogen) atoms. The lowest BCUT2D eigenvalue weighted by molar-refractivity contribution is -0.148. The third-order valence-corrected chi connectivity index (χ3v) is 16.0. The van der Waals surface area contributed by atoms with Gasteiger partial charge in [-0.25, -0.2) is 0 Å². The van der Waals surface area contributed by atoms with Crippen LogP contribution in [0.4, 0.5) is 0 Å². The Morgan fingerprint density at radius 1 is 0.412 bits per heavy atom. The van der Waals surface area contributed by atoms with Crippen LogP contribution in [0.25, 0.3) is 0 Å². The van der Waals surface area contributed by atoms with Crippen molar-refractivity contribution in [2.75, 3.05) is 0 Å². The summed E-state index contributed by atoms with van der Waals surface area (Å²) in [6.45, 7) is 27.0. The van der Waals surface area contributed by atoms with Crippen molar-refractivity contribution in [1.29, 1.82) is 0 Å². The standard InChI is InChI=1S/C66H96O2/c1-49(2)24-15-25-50(3)26-16-27-51(4)28-17-29-52(5)30-18-31-53(6)32-19-33-54(7)34-20-35-55(8)36-21-37-56(9)38-22-39-57(10)40-23-41-58(11)46-47-66-60-45-44-59(48-60)65(66,12)63(67)61-42-13-14-43-62(61)64(66)68/h24,26,28,30,32,34,36,38,40,42-46,59-60H,13-23,25,27,29,31,33,35,37,39,41,47-48H2,1-12H3/b50-26+,51-28+,52-30+,53-32+,54-34+,55-36+,56-38+,57-40+,58-46+. The molecule has 4 atom stereocenters. The molecule has 4 rings (SSSR count). The SMILES string of the molecule is CC(C)=CCC/C(C)=C/CC/C(C)=C/CC/C(C)=C/CC/C(C)=C/CC/C(C)=C/CC/C(C)=C/CC/C(C)=C/CC/C(C)=C/CC/C(C)=C/CC12C(=O)C3=CCCC=C3C(=O)C1(C)C1C=CC2C1. The maximum atomic E-state index is 14.3. The fraction of sp³-hybridized carbons (Fsp3) is 0.576. The van der Waals surface area contributed by atoms with Crippen LogP contribution in [-0.4, -0.2) is 11.6 Å². The summed E-state index contributed by atoms with van der Waals surface area (Å²) in [5, 5.41) is 0. The number of rotatable bonds is 29. The van der Waals surface area contributed by atoms with E-state index in [9.17, 15) is 9.59 Å². The van der Waals surface area contributed by atoms with Gasteiger partial charge >= 0.3 is 0 Å². The number of Topliss-reactive ketones (excluding diaryl/α,β-unsaturated/α-hetero) is 2. The van der Waals surface area contributed by atoms with Gasteiger partial charge in [0.25, 0.3) is 0 Å². The molecule has 0 saturated heterocycles. The van der Waals surface area contributed by atoms with Crippen molar-refractivity contribution < 1.29 is 9.59 Å². The first-order valence-corrected chi connectivity index (χ1v) is 27.2. The van der Waals surface area contributed by atoms with Crippen LogP contribution in [0.15, 0.2) is 152 Å². The highest BCUT2D eigenvalue weighted by atomic mass is 16.1. The van der Waals surface area contributed by atoms with E-state index in [1.54, 1.807) is 0 Å². The Morgan fingerprint density at radius 2 is 0.691 bits per heavy atom. The number of ketones is 2. The number of fused-ring (bicyclic) bond motifs is 6. The van der Waals surface area contributed by atoms with Gasteiger partial charge in [0.2, 0.25) is 0 Å². The van der Waals surface area contributed by atoms with E-state index in [1.807, 2.05) is 12.2 Å². The molecule has 2 heteroatoms. The maximum absolute atomic E-state index is 14.3. The summed E-state index contributed by atoms with van der Waals surface area (Å²) in [5.41, 5.74) is 14.9. The topological polar surface area (TPSA) is 34.1 Å². The highest BCUT2D eigenvalue weighted by Gasteiger charge is 2.72. The number of hydrogen-bond acceptors (Lipinski definition) is 2. The van der Waals surface area contributed by atoms with E-state index in [4.69, 9.17) is 0 Å². The van der Waals surface area contributed by atoms with Crippen molar-refractivity contribution in [2.24, 2.45) is 22.7 Å². The number of allylic oxidation sites excluding steroid dienone is 26. The van der Waals surface area contributed by atoms with Crippen molar-refractivity contribution in [3.8, 4) is 0 Å². The Bertz CT molecular complexity index is 2150. The van der Waals surface area contributed by atoms with E-state index < -0.39 is 10.8 Å². The van der Waals surface area contributed by atoms with E-state index in [1.165, 1.54) is 75.0 Å². The first kappa shape index (κ1) is 56.5. The van der Waals surface area contributed by atoms with E-state index in [0.717, 1.165) is 116 Å². The first-order chi connectivity index (χ1) is 32.5. The number of carbonyl (C=O) groups excluding carboxylic acids is 2. The van der Waals surface area contributed by atoms with Gasteiger partial charge < -0.3 is 0 Å². The lowest BCUT2D eigenvalue weighted by atomic mass is 9.48. The van der Waals surface area contributed by atoms with Crippen molar-refractivity contribution in [3.63, 3.8) is 0 Å². The predicted octanol–water partition coefficient (Wildman–Crippen LogP) is 19.9. The summed E-state index contributed by atoms with van der Waals surface area (Å²) in [6, 6.07) is 0. The van der Waals surface area contributed by atoms with Gasteiger partial charge in [-0.1, -0.05) is 148 Å². The smallest absolute Gasteiger partial charge is 0.171 e. The molecule has 4 unspecified atom stereocenters. The second-order valence-corrected chi connectivity index (χ2v) is 22.3. The molecule has 2 fully saturated rings. The normalized spacial score (nSPS) is 24.1. The number of hydrogen-bond donors (Lipinski definition) is 0. The zero-order chi connectivity index (χ0) is 49.7. The van der Waals surface area contributed by atoms with Crippen LogP contribution >= 0.6 is 0 Å². The molecule has 2 bridgehead atoms. The molecule has 0 aliphatic heterocycles. The quantitative estimate of drug-likeness (QED) is 0.0701. The van der Waals surface area contributed by atoms with E-state index in [2.05, 4.69) is 156 Å². The van der Waals surface area contributed by atoms with Crippen LogP contribution in [-0.2, 0) is 9.59 Å². The predicted molar refractivity (Wildman–Crippen MR) is 298 cm³/mol. The maximum Gasteiger partial charge on any atom is 0.171 e. The van der Waals surface area contributed by atoms with Crippen LogP contribution in [0.2, 0.25) is 0 Å². The van der Waals surface area contributed by atoms with E-state index in [0.29, 0.717) is 17.6 Å². The fourth-order valence-electron chi connectivity index (χ4n) is 11.3. The highest BCUT2D eigenvalue weighted by molar-refractivity contribution is 6.23. The summed E-state index contributed by atoms with van der Waals surface area (Å²) < 4.78 is 0. The Morgan fingerprint density at radius 3 is 1.01 bits per heavy atom. The molecule has 2 saturated carbocycles. The second kappa shape index (κ2) is 28.6. The third-order valence-electron chi connectivity index (χ3n) is 16.0. The molecule has 0 aromatic carbocycles. The zero-order valence-corrected chi connectivity index (χ0v) is 45.6. The van der Waals surface area contributed by atoms with Gasteiger partial charge in [0.05, 0.1) is 10.8 Å². The molecule has 0 heterocycles. The molecule has 0 radical (unpaired) electrons. The van der Waals surface area contributed by atoms with E-state index in [-0.39, 0.29) is 23.4 Å². The summed E-state index contributed by atoms with van der Waals surface area (Å²) in [5.74, 6) is 0.761. The Balaban J connectivity index is 1.06. The average Bonchev–Trinajstić information content (AvgIpc) is 3.88. The molecule has 0 spiro atoms. The molecular formula is C66H96O2. The molecule has 0 aromatic rings. The van der Waals surface area contributed by atoms with Crippen LogP contribution in [0.1, 0.15) is 224 Å². The molecule has 4 aliphatic rings. The summed E-state index contributed by atoms with van der Waals surface area (Å²) in [7, 11) is 0. The fourth-order valence-corrected chi connectivity index (χ4v) is 11.3. The lowest BCUT2D eigenvalue weighted by Gasteiger charge is -2.51. The van der Waals surface area contributed by atoms with Crippen molar-refractivity contribution in [2.45, 2.75) is 224 Å². The molecule has 372 valence electrons. The second-order valence-electron chi connectivity index (χ2n) is 22.3. The molecule has 4 aliphatic carbocycles. The third kappa shape index (κ3) is 16.8. The van der Waals surface area contributed by atoms with Crippen molar-refractivity contribution >= 4 is 11.6 Å². The molecule has 0 aromatic heterocycles. The van der Waals surface area contributed by atoms with Gasteiger partial charge in [0.1, 0.15) is 0 Å². The minimum absolute atomic E-state index is 0.156. The Hall–Kier alpha value is -4.04. The Labute approximate surface area is 418 Å². The highest BCUT2D eigenvalue weighted by Crippen LogP contribution is 2.70. The van der Waals surface area contributed by atoms with Gasteiger partial charge in [-0.15, -0.1) is 0 Å². The van der Waals surface area contributed by atoms with Crippen LogP contribution in [0.5, 0.6) is 0 Å². The monoisotopic (exact) mass is 921 g/mol. The average molecular weight is 921 g/mol. The van der Waals surface area contributed by atoms with E-state index >= 15 is 0 Å². The van der Waals surface area contributed by atoms with Gasteiger partial charge in [-0.3, -0.25) is 9.59 Å².